The summed E-state index contributed by atoms with van der Waals surface area (Å²) in [6.45, 7) is 1.47. The van der Waals surface area contributed by atoms with E-state index in [9.17, 15) is 14.0 Å². The van der Waals surface area contributed by atoms with E-state index >= 15 is 0 Å². The maximum atomic E-state index is 13.4. The number of hydrogen-bond acceptors (Lipinski definition) is 3. The van der Waals surface area contributed by atoms with Crippen LogP contribution in [-0.4, -0.2) is 18.4 Å². The molecule has 0 saturated carbocycles. The number of halogens is 1. The molecular weight excluding hydrogens is 273 g/mol. The fraction of sp³-hybridized carbons (Fsp3) is 0.125. The van der Waals surface area contributed by atoms with Crippen LogP contribution in [0.1, 0.15) is 15.9 Å². The van der Waals surface area contributed by atoms with Gasteiger partial charge in [0.1, 0.15) is 18.1 Å². The fourth-order valence-corrected chi connectivity index (χ4v) is 1.72. The van der Waals surface area contributed by atoms with Crippen LogP contribution in [0.15, 0.2) is 48.5 Å². The van der Waals surface area contributed by atoms with Gasteiger partial charge in [-0.25, -0.2) is 9.18 Å². The molecule has 4 nitrogen and oxygen atoms in total. The Bertz CT molecular complexity index is 670. The summed E-state index contributed by atoms with van der Waals surface area (Å²) in [5, 5.41) is 2.33. The van der Waals surface area contributed by atoms with Crippen LogP contribution < -0.4 is 10.1 Å². The predicted octanol–water partition coefficient (Wildman–Crippen LogP) is 2.47. The molecule has 0 aromatic heterocycles. The standard InChI is InChI=1S/C16H14FNO3/c1-11-6-2-5-9-14(11)21-15(19)10-18-16(20)12-7-3-4-8-13(12)17/h2-9H,10H2,1H3,(H,18,20). The predicted molar refractivity (Wildman–Crippen MR) is 75.5 cm³/mol. The number of ether oxygens (including phenoxy) is 1. The van der Waals surface area contributed by atoms with Crippen molar-refractivity contribution in [2.45, 2.75) is 6.92 Å². The molecule has 1 amide bonds. The topological polar surface area (TPSA) is 55.4 Å². The summed E-state index contributed by atoms with van der Waals surface area (Å²) in [6, 6.07) is 12.6. The highest BCUT2D eigenvalue weighted by Crippen LogP contribution is 2.16. The molecule has 2 rings (SSSR count). The molecule has 0 bridgehead atoms. The van der Waals surface area contributed by atoms with Gasteiger partial charge in [0.05, 0.1) is 5.56 Å². The second-order valence-corrected chi connectivity index (χ2v) is 4.40. The zero-order valence-corrected chi connectivity index (χ0v) is 11.4. The van der Waals surface area contributed by atoms with Gasteiger partial charge in [0.2, 0.25) is 0 Å². The molecule has 0 aliphatic heterocycles. The van der Waals surface area contributed by atoms with E-state index in [1.807, 2.05) is 6.07 Å². The van der Waals surface area contributed by atoms with Gasteiger partial charge in [-0.3, -0.25) is 4.79 Å². The minimum absolute atomic E-state index is 0.110. The van der Waals surface area contributed by atoms with Gasteiger partial charge in [-0.1, -0.05) is 30.3 Å². The lowest BCUT2D eigenvalue weighted by Crippen LogP contribution is -2.32. The normalized spacial score (nSPS) is 10.0. The Morgan fingerprint density at radius 3 is 2.48 bits per heavy atom. The molecule has 2 aromatic rings. The molecular formula is C16H14FNO3. The van der Waals surface area contributed by atoms with E-state index in [2.05, 4.69) is 5.32 Å². The largest absolute Gasteiger partial charge is 0.425 e. The summed E-state index contributed by atoms with van der Waals surface area (Å²) < 4.78 is 18.5. The van der Waals surface area contributed by atoms with Crippen LogP contribution in [0.4, 0.5) is 4.39 Å². The summed E-state index contributed by atoms with van der Waals surface area (Å²) in [6.07, 6.45) is 0. The second kappa shape index (κ2) is 6.65. The first kappa shape index (κ1) is 14.7. The molecule has 0 aliphatic rings. The molecule has 0 aliphatic carbocycles. The Hall–Kier alpha value is -2.69. The number of carbonyl (C=O) groups excluding carboxylic acids is 2. The van der Waals surface area contributed by atoms with Crippen molar-refractivity contribution in [1.29, 1.82) is 0 Å². The highest BCUT2D eigenvalue weighted by molar-refractivity contribution is 5.96. The molecule has 2 aromatic carbocycles. The number of aryl methyl sites for hydroxylation is 1. The first-order chi connectivity index (χ1) is 10.1. The van der Waals surface area contributed by atoms with E-state index < -0.39 is 17.7 Å². The van der Waals surface area contributed by atoms with Gasteiger partial charge >= 0.3 is 5.97 Å². The first-order valence-corrected chi connectivity index (χ1v) is 6.37. The van der Waals surface area contributed by atoms with Crippen molar-refractivity contribution in [3.63, 3.8) is 0 Å². The maximum Gasteiger partial charge on any atom is 0.330 e. The average molecular weight is 287 g/mol. The Morgan fingerprint density at radius 2 is 1.76 bits per heavy atom. The number of amides is 1. The Balaban J connectivity index is 1.91. The van der Waals surface area contributed by atoms with Gasteiger partial charge in [-0.15, -0.1) is 0 Å². The Morgan fingerprint density at radius 1 is 1.10 bits per heavy atom. The van der Waals surface area contributed by atoms with Gasteiger partial charge in [-0.2, -0.15) is 0 Å². The van der Waals surface area contributed by atoms with E-state index in [0.29, 0.717) is 5.75 Å². The SMILES string of the molecule is Cc1ccccc1OC(=O)CNC(=O)c1ccccc1F. The minimum atomic E-state index is -0.658. The Kier molecular flexibility index (Phi) is 4.66. The lowest BCUT2D eigenvalue weighted by atomic mass is 10.2. The van der Waals surface area contributed by atoms with E-state index in [0.717, 1.165) is 5.56 Å². The third-order valence-corrected chi connectivity index (χ3v) is 2.83. The molecule has 0 saturated heterocycles. The average Bonchev–Trinajstić information content (AvgIpc) is 2.48. The summed E-state index contributed by atoms with van der Waals surface area (Å²) in [5.74, 6) is -1.48. The summed E-state index contributed by atoms with van der Waals surface area (Å²) in [7, 11) is 0. The number of benzene rings is 2. The summed E-state index contributed by atoms with van der Waals surface area (Å²) in [4.78, 5) is 23.4. The third-order valence-electron chi connectivity index (χ3n) is 2.83. The smallest absolute Gasteiger partial charge is 0.330 e. The zero-order valence-electron chi connectivity index (χ0n) is 11.4. The molecule has 0 atom stereocenters. The summed E-state index contributed by atoms with van der Waals surface area (Å²) >= 11 is 0. The van der Waals surface area contributed by atoms with Crippen LogP contribution >= 0.6 is 0 Å². The van der Waals surface area contributed by atoms with Crippen molar-refractivity contribution in [2.24, 2.45) is 0 Å². The zero-order chi connectivity index (χ0) is 15.2. The van der Waals surface area contributed by atoms with Crippen LogP contribution in [0, 0.1) is 12.7 Å². The number of rotatable bonds is 4. The number of carbonyl (C=O) groups is 2. The fourth-order valence-electron chi connectivity index (χ4n) is 1.72. The summed E-state index contributed by atoms with van der Waals surface area (Å²) in [5.41, 5.74) is 0.701. The van der Waals surface area contributed by atoms with Gasteiger partial charge in [0, 0.05) is 0 Å². The molecule has 5 heteroatoms. The van der Waals surface area contributed by atoms with Gasteiger partial charge in [-0.05, 0) is 30.7 Å². The molecule has 0 unspecified atom stereocenters. The molecule has 108 valence electrons. The van der Waals surface area contributed by atoms with Crippen molar-refractivity contribution < 1.29 is 18.7 Å². The quantitative estimate of drug-likeness (QED) is 0.694. The number of para-hydroxylation sites is 1. The molecule has 0 fully saturated rings. The first-order valence-electron chi connectivity index (χ1n) is 6.37. The van der Waals surface area contributed by atoms with Crippen LogP contribution in [0.2, 0.25) is 0 Å². The lowest BCUT2D eigenvalue weighted by molar-refractivity contribution is -0.133. The monoisotopic (exact) mass is 287 g/mol. The van der Waals surface area contributed by atoms with E-state index in [-0.39, 0.29) is 12.1 Å². The molecule has 0 radical (unpaired) electrons. The van der Waals surface area contributed by atoms with Crippen LogP contribution in [-0.2, 0) is 4.79 Å². The van der Waals surface area contributed by atoms with Crippen LogP contribution in [0.5, 0.6) is 5.75 Å². The van der Waals surface area contributed by atoms with Crippen molar-refractivity contribution in [2.75, 3.05) is 6.54 Å². The number of esters is 1. The Labute approximate surface area is 121 Å². The number of hydrogen-bond donors (Lipinski definition) is 1. The number of nitrogens with one attached hydrogen (secondary N) is 1. The van der Waals surface area contributed by atoms with Crippen molar-refractivity contribution in [3.05, 3.63) is 65.5 Å². The maximum absolute atomic E-state index is 13.4. The van der Waals surface area contributed by atoms with Gasteiger partial charge in [0.15, 0.2) is 0 Å². The van der Waals surface area contributed by atoms with E-state index in [1.165, 1.54) is 18.2 Å². The van der Waals surface area contributed by atoms with E-state index in [4.69, 9.17) is 4.74 Å². The minimum Gasteiger partial charge on any atom is -0.425 e. The van der Waals surface area contributed by atoms with Gasteiger partial charge in [0.25, 0.3) is 5.91 Å². The second-order valence-electron chi connectivity index (χ2n) is 4.40. The highest BCUT2D eigenvalue weighted by atomic mass is 19.1. The van der Waals surface area contributed by atoms with Crippen LogP contribution in [0.25, 0.3) is 0 Å². The van der Waals surface area contributed by atoms with Crippen molar-refractivity contribution >= 4 is 11.9 Å². The highest BCUT2D eigenvalue weighted by Gasteiger charge is 2.13. The van der Waals surface area contributed by atoms with Crippen LogP contribution in [0.3, 0.4) is 0 Å². The van der Waals surface area contributed by atoms with E-state index in [1.54, 1.807) is 31.2 Å². The molecule has 0 heterocycles. The molecule has 21 heavy (non-hydrogen) atoms. The molecule has 0 spiro atoms. The lowest BCUT2D eigenvalue weighted by Gasteiger charge is -2.08. The molecule has 1 N–H and O–H groups in total. The van der Waals surface area contributed by atoms with Crippen molar-refractivity contribution in [3.8, 4) is 5.75 Å². The van der Waals surface area contributed by atoms with Gasteiger partial charge < -0.3 is 10.1 Å². The third kappa shape index (κ3) is 3.89. The van der Waals surface area contributed by atoms with Crippen molar-refractivity contribution in [1.82, 2.24) is 5.32 Å².